The second-order valence-corrected chi connectivity index (χ2v) is 7.21. The summed E-state index contributed by atoms with van der Waals surface area (Å²) in [6, 6.07) is 25.8. The fourth-order valence-corrected chi connectivity index (χ4v) is 3.50. The molecule has 0 amide bonds. The zero-order chi connectivity index (χ0) is 18.6. The summed E-state index contributed by atoms with van der Waals surface area (Å²) < 4.78 is 0. The van der Waals surface area contributed by atoms with Gasteiger partial charge in [-0.3, -0.25) is 4.99 Å². The van der Waals surface area contributed by atoms with Crippen molar-refractivity contribution in [3.8, 4) is 0 Å². The summed E-state index contributed by atoms with van der Waals surface area (Å²) >= 11 is 0. The summed E-state index contributed by atoms with van der Waals surface area (Å²) in [5.41, 5.74) is 7.53. The Kier molecular flexibility index (Phi) is 4.93. The van der Waals surface area contributed by atoms with Crippen molar-refractivity contribution in [3.63, 3.8) is 0 Å². The largest absolute Gasteiger partial charge is 0.352 e. The van der Waals surface area contributed by atoms with Crippen molar-refractivity contribution >= 4 is 11.6 Å². The number of guanidine groups is 1. The predicted molar refractivity (Wildman–Crippen MR) is 113 cm³/mol. The van der Waals surface area contributed by atoms with Crippen LogP contribution in [-0.2, 0) is 6.54 Å². The molecular weight excluding hydrogens is 330 g/mol. The molecule has 2 N–H and O–H groups in total. The van der Waals surface area contributed by atoms with Crippen LogP contribution in [0.4, 0.5) is 5.69 Å². The van der Waals surface area contributed by atoms with Gasteiger partial charge < -0.3 is 10.6 Å². The van der Waals surface area contributed by atoms with Crippen LogP contribution >= 0.6 is 0 Å². The van der Waals surface area contributed by atoms with Crippen molar-refractivity contribution in [1.82, 2.24) is 5.32 Å². The lowest BCUT2D eigenvalue weighted by Gasteiger charge is -2.18. The van der Waals surface area contributed by atoms with E-state index in [-0.39, 0.29) is 5.92 Å². The Labute approximate surface area is 161 Å². The number of hydrogen-bond donors (Lipinski definition) is 2. The van der Waals surface area contributed by atoms with Crippen molar-refractivity contribution in [3.05, 3.63) is 101 Å². The number of fused-ring (bicyclic) bond motifs is 1. The van der Waals surface area contributed by atoms with Crippen LogP contribution in [0.3, 0.4) is 0 Å². The van der Waals surface area contributed by atoms with Crippen LogP contribution in [0.15, 0.2) is 77.8 Å². The van der Waals surface area contributed by atoms with Gasteiger partial charge in [-0.15, -0.1) is 0 Å². The summed E-state index contributed by atoms with van der Waals surface area (Å²) in [5, 5.41) is 6.96. The smallest absolute Gasteiger partial charge is 0.196 e. The fourth-order valence-electron chi connectivity index (χ4n) is 3.50. The van der Waals surface area contributed by atoms with Gasteiger partial charge >= 0.3 is 0 Å². The van der Waals surface area contributed by atoms with Crippen LogP contribution in [0.1, 0.15) is 33.7 Å². The van der Waals surface area contributed by atoms with Crippen LogP contribution in [0.25, 0.3) is 0 Å². The summed E-state index contributed by atoms with van der Waals surface area (Å²) in [5.74, 6) is 1.09. The molecule has 1 heterocycles. The quantitative estimate of drug-likeness (QED) is 0.693. The maximum Gasteiger partial charge on any atom is 0.196 e. The van der Waals surface area contributed by atoms with Gasteiger partial charge in [-0.05, 0) is 36.6 Å². The lowest BCUT2D eigenvalue weighted by Crippen LogP contribution is -2.30. The first-order chi connectivity index (χ1) is 13.2. The number of benzene rings is 3. The monoisotopic (exact) mass is 355 g/mol. The normalized spacial score (nSPS) is 15.9. The maximum absolute atomic E-state index is 4.86. The number of nitrogens with zero attached hydrogens (tertiary/aromatic N) is 1. The molecule has 3 aromatic carbocycles. The van der Waals surface area contributed by atoms with Gasteiger partial charge in [-0.2, -0.15) is 0 Å². The minimum Gasteiger partial charge on any atom is -0.352 e. The van der Waals surface area contributed by atoms with Crippen LogP contribution < -0.4 is 10.6 Å². The average molecular weight is 355 g/mol. The number of aryl methyl sites for hydroxylation is 2. The second kappa shape index (κ2) is 7.67. The lowest BCUT2D eigenvalue weighted by atomic mass is 9.89. The minimum absolute atomic E-state index is 0.254. The molecule has 0 bridgehead atoms. The lowest BCUT2D eigenvalue weighted by molar-refractivity contribution is 0.816. The number of anilines is 1. The molecule has 1 aliphatic rings. The molecule has 3 aromatic rings. The maximum atomic E-state index is 4.86. The van der Waals surface area contributed by atoms with Crippen LogP contribution in [0.2, 0.25) is 0 Å². The van der Waals surface area contributed by atoms with Crippen LogP contribution in [0.5, 0.6) is 0 Å². The van der Waals surface area contributed by atoms with E-state index in [1.54, 1.807) is 0 Å². The highest BCUT2D eigenvalue weighted by Gasteiger charge is 2.21. The molecule has 0 fully saturated rings. The fraction of sp³-hybridized carbons (Fsp3) is 0.208. The van der Waals surface area contributed by atoms with Crippen molar-refractivity contribution < 1.29 is 0 Å². The van der Waals surface area contributed by atoms with E-state index < -0.39 is 0 Å². The first-order valence-electron chi connectivity index (χ1n) is 9.45. The SMILES string of the molecule is Cc1ccc(C2CN=C(NCc3ccccc3)Nc3ccc(C)cc32)cc1. The molecule has 136 valence electrons. The van der Waals surface area contributed by atoms with Crippen LogP contribution in [0, 0.1) is 13.8 Å². The molecule has 0 saturated carbocycles. The van der Waals surface area contributed by atoms with E-state index in [2.05, 4.69) is 91.2 Å². The second-order valence-electron chi connectivity index (χ2n) is 7.21. The Balaban J connectivity index is 1.63. The number of hydrogen-bond acceptors (Lipinski definition) is 3. The molecule has 3 nitrogen and oxygen atoms in total. The number of nitrogens with one attached hydrogen (secondary N) is 2. The van der Waals surface area contributed by atoms with Crippen molar-refractivity contribution in [2.45, 2.75) is 26.3 Å². The summed E-state index contributed by atoms with van der Waals surface area (Å²) in [6.07, 6.45) is 0. The van der Waals surface area contributed by atoms with E-state index in [4.69, 9.17) is 4.99 Å². The minimum atomic E-state index is 0.254. The van der Waals surface area contributed by atoms with Gasteiger partial charge in [-0.25, -0.2) is 0 Å². The van der Waals surface area contributed by atoms with E-state index >= 15 is 0 Å². The Morgan fingerprint density at radius 3 is 2.44 bits per heavy atom. The summed E-state index contributed by atoms with van der Waals surface area (Å²) in [7, 11) is 0. The van der Waals surface area contributed by atoms with Crippen molar-refractivity contribution in [2.24, 2.45) is 4.99 Å². The summed E-state index contributed by atoms with van der Waals surface area (Å²) in [4.78, 5) is 4.86. The first-order valence-corrected chi connectivity index (χ1v) is 9.45. The van der Waals surface area contributed by atoms with Crippen molar-refractivity contribution in [1.29, 1.82) is 0 Å². The van der Waals surface area contributed by atoms with Gasteiger partial charge in [0.1, 0.15) is 0 Å². The molecular formula is C24H25N3. The van der Waals surface area contributed by atoms with E-state index in [1.165, 1.54) is 27.8 Å². The molecule has 1 unspecified atom stereocenters. The van der Waals surface area contributed by atoms with Gasteiger partial charge in [0.25, 0.3) is 0 Å². The molecule has 1 aliphatic heterocycles. The van der Waals surface area contributed by atoms with E-state index in [0.29, 0.717) is 0 Å². The zero-order valence-electron chi connectivity index (χ0n) is 15.9. The Morgan fingerprint density at radius 2 is 1.67 bits per heavy atom. The number of rotatable bonds is 3. The Morgan fingerprint density at radius 1 is 0.926 bits per heavy atom. The van der Waals surface area contributed by atoms with Crippen molar-refractivity contribution in [2.75, 3.05) is 11.9 Å². The third-order valence-electron chi connectivity index (χ3n) is 5.05. The Bertz CT molecular complexity index is 943. The van der Waals surface area contributed by atoms with Gasteiger partial charge in [-0.1, -0.05) is 77.9 Å². The highest BCUT2D eigenvalue weighted by atomic mass is 15.2. The third kappa shape index (κ3) is 4.03. The molecule has 0 saturated heterocycles. The molecule has 1 atom stereocenters. The molecule has 0 spiro atoms. The van der Waals surface area contributed by atoms with Crippen LogP contribution in [-0.4, -0.2) is 12.5 Å². The standard InChI is InChI=1S/C24H25N3/c1-17-8-11-20(12-9-17)22-16-26-24(25-15-19-6-4-3-5-7-19)27-23-13-10-18(2)14-21(22)23/h3-14,22H,15-16H2,1-2H3,(H2,25,26,27). The molecule has 3 heteroatoms. The van der Waals surface area contributed by atoms with Gasteiger partial charge in [0, 0.05) is 18.2 Å². The first kappa shape index (κ1) is 17.3. The number of aliphatic imine (C=N–C) groups is 1. The van der Waals surface area contributed by atoms with Gasteiger partial charge in [0.15, 0.2) is 5.96 Å². The van der Waals surface area contributed by atoms with Gasteiger partial charge in [0.2, 0.25) is 0 Å². The van der Waals surface area contributed by atoms with Gasteiger partial charge in [0.05, 0.1) is 6.54 Å². The Hall–Kier alpha value is -3.07. The summed E-state index contributed by atoms with van der Waals surface area (Å²) in [6.45, 7) is 5.75. The molecule has 4 rings (SSSR count). The highest BCUT2D eigenvalue weighted by molar-refractivity contribution is 5.95. The zero-order valence-corrected chi connectivity index (χ0v) is 15.9. The van der Waals surface area contributed by atoms with E-state index in [1.807, 2.05) is 6.07 Å². The molecule has 0 aromatic heterocycles. The topological polar surface area (TPSA) is 36.4 Å². The molecule has 0 aliphatic carbocycles. The highest BCUT2D eigenvalue weighted by Crippen LogP contribution is 2.33. The molecule has 0 radical (unpaired) electrons. The molecule has 27 heavy (non-hydrogen) atoms. The third-order valence-corrected chi connectivity index (χ3v) is 5.05. The predicted octanol–water partition coefficient (Wildman–Crippen LogP) is 5.01. The van der Waals surface area contributed by atoms with E-state index in [9.17, 15) is 0 Å². The average Bonchev–Trinajstić information content (AvgIpc) is 2.87. The van der Waals surface area contributed by atoms with E-state index in [0.717, 1.165) is 24.7 Å².